The monoisotopic (exact) mass is 510 g/mol. The topological polar surface area (TPSA) is 104 Å². The zero-order chi connectivity index (χ0) is 26.3. The summed E-state index contributed by atoms with van der Waals surface area (Å²) in [6.07, 6.45) is 6.65. The summed E-state index contributed by atoms with van der Waals surface area (Å²) in [6.45, 7) is 4.64. The van der Waals surface area contributed by atoms with Gasteiger partial charge in [-0.05, 0) is 64.7 Å². The molecule has 2 aromatic rings. The van der Waals surface area contributed by atoms with Crippen LogP contribution in [0.3, 0.4) is 0 Å². The lowest BCUT2D eigenvalue weighted by Crippen LogP contribution is -2.28. The summed E-state index contributed by atoms with van der Waals surface area (Å²) in [7, 11) is 4.10. The van der Waals surface area contributed by atoms with Gasteiger partial charge in [-0.15, -0.1) is 0 Å². The molecule has 1 saturated heterocycles. The van der Waals surface area contributed by atoms with Crippen LogP contribution in [0.15, 0.2) is 24.7 Å². The average Bonchev–Trinajstić information content (AvgIpc) is 3.29. The average molecular weight is 511 g/mol. The molecular weight excluding hydrogens is 477 g/mol. The first kappa shape index (κ1) is 27.4. The van der Waals surface area contributed by atoms with Crippen molar-refractivity contribution in [3.05, 3.63) is 30.4 Å². The van der Waals surface area contributed by atoms with E-state index >= 15 is 0 Å². The number of hydrogen-bond donors (Lipinski definition) is 2. The van der Waals surface area contributed by atoms with E-state index in [1.165, 1.54) is 25.7 Å². The normalized spacial score (nSPS) is 15.6. The minimum atomic E-state index is -5.08. The maximum absolute atomic E-state index is 12.8. The second-order valence-corrected chi connectivity index (χ2v) is 9.39. The first-order chi connectivity index (χ1) is 17.0. The molecule has 1 amide bonds. The van der Waals surface area contributed by atoms with E-state index in [0.717, 1.165) is 55.4 Å². The van der Waals surface area contributed by atoms with Crippen LogP contribution in [-0.2, 0) is 11.3 Å². The first-order valence-corrected chi connectivity index (χ1v) is 12.0. The number of aliphatic carboxylic acids is 1. The van der Waals surface area contributed by atoms with E-state index in [2.05, 4.69) is 35.8 Å². The van der Waals surface area contributed by atoms with E-state index in [-0.39, 0.29) is 5.91 Å². The Labute approximate surface area is 208 Å². The Morgan fingerprint density at radius 2 is 1.75 bits per heavy atom. The van der Waals surface area contributed by atoms with E-state index < -0.39 is 12.1 Å². The lowest BCUT2D eigenvalue weighted by molar-refractivity contribution is -0.192. The number of anilines is 1. The molecule has 1 aliphatic carbocycles. The predicted molar refractivity (Wildman–Crippen MR) is 129 cm³/mol. The smallest absolute Gasteiger partial charge is 0.475 e. The van der Waals surface area contributed by atoms with Gasteiger partial charge in [0.25, 0.3) is 5.91 Å². The van der Waals surface area contributed by atoms with E-state index in [4.69, 9.17) is 9.90 Å². The van der Waals surface area contributed by atoms with Gasteiger partial charge < -0.3 is 24.8 Å². The van der Waals surface area contributed by atoms with Crippen molar-refractivity contribution in [2.45, 2.75) is 44.8 Å². The van der Waals surface area contributed by atoms with Crippen LogP contribution >= 0.6 is 0 Å². The fourth-order valence-corrected chi connectivity index (χ4v) is 3.83. The molecule has 0 spiro atoms. The standard InChI is InChI=1S/C22H32N6O.C2HF3O2/c1-26(2)9-5-8-23-21(29)20-12-18(16-28(20)15-17-6-7-17)19-13-24-22(25-14-19)27-10-3-4-11-27;3-2(4,5)1(6)7/h12-14,16-17H,3-11,15H2,1-2H3,(H,23,29);(H,6,7). The molecule has 0 unspecified atom stereocenters. The highest BCUT2D eigenvalue weighted by Gasteiger charge is 2.38. The third-order valence-corrected chi connectivity index (χ3v) is 5.95. The molecule has 1 aliphatic heterocycles. The molecular formula is C24H33F3N6O3. The van der Waals surface area contributed by atoms with Crippen molar-refractivity contribution in [3.63, 3.8) is 0 Å². The maximum atomic E-state index is 12.8. The van der Waals surface area contributed by atoms with Crippen molar-refractivity contribution in [2.75, 3.05) is 45.2 Å². The number of carboxylic acids is 1. The van der Waals surface area contributed by atoms with Crippen molar-refractivity contribution >= 4 is 17.8 Å². The molecule has 0 radical (unpaired) electrons. The van der Waals surface area contributed by atoms with E-state index in [1.54, 1.807) is 0 Å². The second kappa shape index (κ2) is 12.2. The summed E-state index contributed by atoms with van der Waals surface area (Å²) in [5.41, 5.74) is 2.71. The van der Waals surface area contributed by atoms with Crippen LogP contribution in [0.5, 0.6) is 0 Å². The lowest BCUT2D eigenvalue weighted by Gasteiger charge is -2.14. The molecule has 2 N–H and O–H groups in total. The summed E-state index contributed by atoms with van der Waals surface area (Å²) in [5.74, 6) is -1.25. The van der Waals surface area contributed by atoms with Crippen molar-refractivity contribution in [1.82, 2.24) is 24.8 Å². The second-order valence-electron chi connectivity index (χ2n) is 9.39. The molecule has 0 atom stereocenters. The molecule has 36 heavy (non-hydrogen) atoms. The number of carboxylic acid groups (broad SMARTS) is 1. The molecule has 2 fully saturated rings. The molecule has 1 saturated carbocycles. The number of hydrogen-bond acceptors (Lipinski definition) is 6. The SMILES string of the molecule is CN(C)CCCNC(=O)c1cc(-c2cnc(N3CCCC3)nc2)cn1CC1CC1.O=C(O)C(F)(F)F. The van der Waals surface area contributed by atoms with Crippen LogP contribution in [0, 0.1) is 5.92 Å². The number of alkyl halides is 3. The number of carbonyl (C=O) groups is 2. The Kier molecular flexibility index (Phi) is 9.30. The Hall–Kier alpha value is -3.15. The number of halogens is 3. The third-order valence-electron chi connectivity index (χ3n) is 5.95. The van der Waals surface area contributed by atoms with Gasteiger partial charge >= 0.3 is 12.1 Å². The predicted octanol–water partition coefficient (Wildman–Crippen LogP) is 3.27. The van der Waals surface area contributed by atoms with Crippen molar-refractivity contribution in [1.29, 1.82) is 0 Å². The summed E-state index contributed by atoms with van der Waals surface area (Å²) in [6, 6.07) is 1.98. The zero-order valence-electron chi connectivity index (χ0n) is 20.6. The van der Waals surface area contributed by atoms with Gasteiger partial charge in [0.05, 0.1) is 0 Å². The highest BCUT2D eigenvalue weighted by molar-refractivity contribution is 5.94. The van der Waals surface area contributed by atoms with Crippen LogP contribution < -0.4 is 10.2 Å². The van der Waals surface area contributed by atoms with Gasteiger partial charge in [0, 0.05) is 55.9 Å². The van der Waals surface area contributed by atoms with Gasteiger partial charge in [0.15, 0.2) is 0 Å². The van der Waals surface area contributed by atoms with E-state index in [0.29, 0.717) is 12.5 Å². The number of aromatic nitrogens is 3. The number of rotatable bonds is 9. The maximum Gasteiger partial charge on any atom is 0.490 e. The van der Waals surface area contributed by atoms with Crippen LogP contribution in [-0.4, -0.2) is 82.9 Å². The molecule has 0 aromatic carbocycles. The highest BCUT2D eigenvalue weighted by Crippen LogP contribution is 2.32. The van der Waals surface area contributed by atoms with Gasteiger partial charge in [-0.25, -0.2) is 14.8 Å². The fourth-order valence-electron chi connectivity index (χ4n) is 3.83. The van der Waals surface area contributed by atoms with Crippen molar-refractivity contribution in [2.24, 2.45) is 5.92 Å². The van der Waals surface area contributed by atoms with Gasteiger partial charge in [-0.2, -0.15) is 13.2 Å². The Bertz CT molecular complexity index is 1010. The quantitative estimate of drug-likeness (QED) is 0.499. The summed E-state index contributed by atoms with van der Waals surface area (Å²) in [5, 5.41) is 10.2. The minimum Gasteiger partial charge on any atom is -0.475 e. The van der Waals surface area contributed by atoms with Gasteiger partial charge in [0.1, 0.15) is 5.69 Å². The summed E-state index contributed by atoms with van der Waals surface area (Å²) >= 11 is 0. The first-order valence-electron chi connectivity index (χ1n) is 12.0. The van der Waals surface area contributed by atoms with Crippen LogP contribution in [0.2, 0.25) is 0 Å². The van der Waals surface area contributed by atoms with E-state index in [9.17, 15) is 18.0 Å². The van der Waals surface area contributed by atoms with Gasteiger partial charge in [0.2, 0.25) is 5.95 Å². The number of nitrogens with zero attached hydrogens (tertiary/aromatic N) is 5. The van der Waals surface area contributed by atoms with Gasteiger partial charge in [-0.1, -0.05) is 0 Å². The summed E-state index contributed by atoms with van der Waals surface area (Å²) in [4.78, 5) is 35.2. The Balaban J connectivity index is 0.000000454. The minimum absolute atomic E-state index is 0.00487. The molecule has 3 heterocycles. The van der Waals surface area contributed by atoms with Crippen LogP contribution in [0.1, 0.15) is 42.6 Å². The molecule has 2 aliphatic rings. The van der Waals surface area contributed by atoms with Crippen LogP contribution in [0.4, 0.5) is 19.1 Å². The largest absolute Gasteiger partial charge is 0.490 e. The summed E-state index contributed by atoms with van der Waals surface area (Å²) < 4.78 is 33.8. The Morgan fingerprint density at radius 3 is 2.28 bits per heavy atom. The zero-order valence-corrected chi connectivity index (χ0v) is 20.6. The third kappa shape index (κ3) is 8.21. The molecule has 0 bridgehead atoms. The highest BCUT2D eigenvalue weighted by atomic mass is 19.4. The molecule has 198 valence electrons. The number of amides is 1. The molecule has 9 nitrogen and oxygen atoms in total. The molecule has 12 heteroatoms. The van der Waals surface area contributed by atoms with Crippen molar-refractivity contribution in [3.8, 4) is 11.1 Å². The fraction of sp³-hybridized carbons (Fsp3) is 0.583. The molecule has 4 rings (SSSR count). The Morgan fingerprint density at radius 1 is 1.14 bits per heavy atom. The molecule has 2 aromatic heterocycles. The lowest BCUT2D eigenvalue weighted by atomic mass is 10.2. The van der Waals surface area contributed by atoms with Gasteiger partial charge in [-0.3, -0.25) is 4.79 Å². The number of nitrogens with one attached hydrogen (secondary N) is 1. The number of carbonyl (C=O) groups excluding carboxylic acids is 1. The van der Waals surface area contributed by atoms with E-state index in [1.807, 2.05) is 32.6 Å². The van der Waals surface area contributed by atoms with Crippen LogP contribution in [0.25, 0.3) is 11.1 Å². The van der Waals surface area contributed by atoms with Crippen molar-refractivity contribution < 1.29 is 27.9 Å².